The summed E-state index contributed by atoms with van der Waals surface area (Å²) in [7, 11) is 0. The molecule has 25 heavy (non-hydrogen) atoms. The summed E-state index contributed by atoms with van der Waals surface area (Å²) in [5.74, 6) is 3.48. The van der Waals surface area contributed by atoms with E-state index in [4.69, 9.17) is 10.5 Å². The summed E-state index contributed by atoms with van der Waals surface area (Å²) in [5, 5.41) is 3.08. The number of hydrogen-bond acceptors (Lipinski definition) is 5. The average molecular weight is 348 g/mol. The van der Waals surface area contributed by atoms with Gasteiger partial charge in [-0.15, -0.1) is 11.3 Å². The van der Waals surface area contributed by atoms with Crippen molar-refractivity contribution in [2.24, 2.45) is 0 Å². The Balaban J connectivity index is 1.49. The van der Waals surface area contributed by atoms with Crippen LogP contribution in [0.2, 0.25) is 0 Å². The van der Waals surface area contributed by atoms with Gasteiger partial charge in [-0.3, -0.25) is 0 Å². The third-order valence-electron chi connectivity index (χ3n) is 3.90. The lowest BCUT2D eigenvalue weighted by Gasteiger charge is -2.06. The smallest absolute Gasteiger partial charge is 0.152 e. The minimum Gasteiger partial charge on any atom is -0.445 e. The van der Waals surface area contributed by atoms with Gasteiger partial charge in [0, 0.05) is 16.7 Å². The standard InChI is InChI=1S/C19H16N4OS/c20-19-17-18(15-7-1-2-8-16(15)22-19)23(13-21-17)9-11-24-10-3-5-14-6-4-12-25-14/h1-2,4,6-8,12-13H,5,9,11H2,(H2,20,22). The molecule has 3 aromatic heterocycles. The minimum atomic E-state index is 0.448. The first-order chi connectivity index (χ1) is 12.3. The Morgan fingerprint density at radius 2 is 2.12 bits per heavy atom. The van der Waals surface area contributed by atoms with E-state index < -0.39 is 0 Å². The molecule has 5 nitrogen and oxygen atoms in total. The fraction of sp³-hybridized carbons (Fsp3) is 0.158. The first-order valence-electron chi connectivity index (χ1n) is 7.94. The number of para-hydroxylation sites is 1. The van der Waals surface area contributed by atoms with Crippen LogP contribution in [0, 0.1) is 12.0 Å². The molecular weight excluding hydrogens is 332 g/mol. The lowest BCUT2D eigenvalue weighted by Crippen LogP contribution is -2.03. The van der Waals surface area contributed by atoms with Crippen LogP contribution < -0.4 is 5.73 Å². The van der Waals surface area contributed by atoms with Crippen molar-refractivity contribution < 1.29 is 4.74 Å². The van der Waals surface area contributed by atoms with E-state index in [1.165, 1.54) is 4.88 Å². The number of anilines is 1. The molecule has 0 radical (unpaired) electrons. The van der Waals surface area contributed by atoms with Crippen LogP contribution >= 0.6 is 11.3 Å². The van der Waals surface area contributed by atoms with Crippen LogP contribution in [0.15, 0.2) is 48.1 Å². The summed E-state index contributed by atoms with van der Waals surface area (Å²) in [5.41, 5.74) is 8.61. The molecule has 0 fully saturated rings. The molecule has 0 aliphatic carbocycles. The fourth-order valence-corrected chi connectivity index (χ4v) is 3.40. The van der Waals surface area contributed by atoms with Gasteiger partial charge in [-0.05, 0) is 17.5 Å². The molecule has 4 aromatic rings. The van der Waals surface area contributed by atoms with Gasteiger partial charge < -0.3 is 15.0 Å². The lowest BCUT2D eigenvalue weighted by molar-refractivity contribution is 0.262. The second-order valence-corrected chi connectivity index (χ2v) is 6.57. The molecule has 0 atom stereocenters. The van der Waals surface area contributed by atoms with E-state index >= 15 is 0 Å². The van der Waals surface area contributed by atoms with Crippen molar-refractivity contribution in [1.82, 2.24) is 14.5 Å². The Morgan fingerprint density at radius 3 is 3.00 bits per heavy atom. The van der Waals surface area contributed by atoms with Crippen molar-refractivity contribution in [3.8, 4) is 12.0 Å². The SMILES string of the molecule is Nc1nc2ccccc2c2c1ncn2CCOC#CCc1cccs1. The van der Waals surface area contributed by atoms with Gasteiger partial charge in [0.25, 0.3) is 0 Å². The lowest BCUT2D eigenvalue weighted by atomic mass is 10.2. The first-order valence-corrected chi connectivity index (χ1v) is 8.82. The van der Waals surface area contributed by atoms with Gasteiger partial charge in [-0.25, -0.2) is 9.97 Å². The summed E-state index contributed by atoms with van der Waals surface area (Å²) in [4.78, 5) is 10.1. The highest BCUT2D eigenvalue weighted by molar-refractivity contribution is 7.09. The largest absolute Gasteiger partial charge is 0.445 e. The number of imidazole rings is 1. The van der Waals surface area contributed by atoms with E-state index in [0.29, 0.717) is 19.0 Å². The highest BCUT2D eigenvalue weighted by atomic mass is 32.1. The van der Waals surface area contributed by atoms with Crippen molar-refractivity contribution in [3.05, 3.63) is 53.0 Å². The van der Waals surface area contributed by atoms with Crippen molar-refractivity contribution in [3.63, 3.8) is 0 Å². The maximum Gasteiger partial charge on any atom is 0.152 e. The zero-order valence-electron chi connectivity index (χ0n) is 13.5. The van der Waals surface area contributed by atoms with Crippen molar-refractivity contribution >= 4 is 39.1 Å². The van der Waals surface area contributed by atoms with Crippen LogP contribution in [-0.4, -0.2) is 21.1 Å². The monoisotopic (exact) mass is 348 g/mol. The Labute approximate surface area is 149 Å². The Hall–Kier alpha value is -3.04. The van der Waals surface area contributed by atoms with Crippen LogP contribution in [-0.2, 0) is 17.7 Å². The van der Waals surface area contributed by atoms with Crippen LogP contribution in [0.5, 0.6) is 0 Å². The number of rotatable bonds is 4. The molecule has 0 amide bonds. The molecule has 3 heterocycles. The van der Waals surface area contributed by atoms with Gasteiger partial charge in [-0.1, -0.05) is 30.2 Å². The Bertz CT molecular complexity index is 1070. The molecule has 0 spiro atoms. The molecule has 1 aromatic carbocycles. The third kappa shape index (κ3) is 3.14. The molecule has 0 saturated heterocycles. The van der Waals surface area contributed by atoms with Crippen LogP contribution in [0.3, 0.4) is 0 Å². The summed E-state index contributed by atoms with van der Waals surface area (Å²) in [6.45, 7) is 1.14. The molecule has 124 valence electrons. The van der Waals surface area contributed by atoms with Crippen LogP contribution in [0.1, 0.15) is 4.88 Å². The van der Waals surface area contributed by atoms with E-state index in [1.807, 2.05) is 40.3 Å². The average Bonchev–Trinajstić information content (AvgIpc) is 3.28. The van der Waals surface area contributed by atoms with Crippen molar-refractivity contribution in [2.75, 3.05) is 12.3 Å². The number of nitrogen functional groups attached to an aromatic ring is 1. The fourth-order valence-electron chi connectivity index (χ4n) is 2.76. The number of benzene rings is 1. The number of pyridine rings is 1. The van der Waals surface area contributed by atoms with Crippen LogP contribution in [0.25, 0.3) is 21.9 Å². The number of nitrogens with two attached hydrogens (primary N) is 1. The van der Waals surface area contributed by atoms with Gasteiger partial charge in [0.05, 0.1) is 23.9 Å². The molecule has 0 aliphatic heterocycles. The normalized spacial score (nSPS) is 10.7. The third-order valence-corrected chi connectivity index (χ3v) is 4.78. The van der Waals surface area contributed by atoms with Gasteiger partial charge in [0.2, 0.25) is 0 Å². The topological polar surface area (TPSA) is 66.0 Å². The molecule has 2 N–H and O–H groups in total. The summed E-state index contributed by atoms with van der Waals surface area (Å²) in [6, 6.07) is 12.0. The first kappa shape index (κ1) is 15.5. The molecule has 6 heteroatoms. The zero-order chi connectivity index (χ0) is 17.1. The van der Waals surface area contributed by atoms with E-state index in [9.17, 15) is 0 Å². The number of hydrogen-bond donors (Lipinski definition) is 1. The van der Waals surface area contributed by atoms with Crippen LogP contribution in [0.4, 0.5) is 5.82 Å². The summed E-state index contributed by atoms with van der Waals surface area (Å²) < 4.78 is 7.48. The molecular formula is C19H16N4OS. The maximum absolute atomic E-state index is 6.04. The van der Waals surface area contributed by atoms with E-state index in [1.54, 1.807) is 17.7 Å². The highest BCUT2D eigenvalue weighted by Crippen LogP contribution is 2.26. The maximum atomic E-state index is 6.04. The van der Waals surface area contributed by atoms with Gasteiger partial charge in [0.15, 0.2) is 5.82 Å². The number of aromatic nitrogens is 3. The Morgan fingerprint density at radius 1 is 1.20 bits per heavy atom. The number of ether oxygens (including phenoxy) is 1. The van der Waals surface area contributed by atoms with Crippen molar-refractivity contribution in [1.29, 1.82) is 0 Å². The number of fused-ring (bicyclic) bond motifs is 3. The van der Waals surface area contributed by atoms with Gasteiger partial charge in [-0.2, -0.15) is 0 Å². The van der Waals surface area contributed by atoms with Crippen molar-refractivity contribution in [2.45, 2.75) is 13.0 Å². The zero-order valence-corrected chi connectivity index (χ0v) is 14.3. The van der Waals surface area contributed by atoms with Gasteiger partial charge in [0.1, 0.15) is 18.2 Å². The number of thiophene rings is 1. The summed E-state index contributed by atoms with van der Waals surface area (Å²) in [6.07, 6.45) is 5.26. The predicted molar refractivity (Wildman–Crippen MR) is 101 cm³/mol. The van der Waals surface area contributed by atoms with Gasteiger partial charge >= 0.3 is 0 Å². The highest BCUT2D eigenvalue weighted by Gasteiger charge is 2.11. The van der Waals surface area contributed by atoms with E-state index in [0.717, 1.165) is 28.4 Å². The molecule has 4 rings (SSSR count). The Kier molecular flexibility index (Phi) is 4.23. The molecule has 0 aliphatic rings. The second-order valence-electron chi connectivity index (χ2n) is 5.53. The van der Waals surface area contributed by atoms with E-state index in [2.05, 4.69) is 28.1 Å². The predicted octanol–water partition coefficient (Wildman–Crippen LogP) is 3.45. The van der Waals surface area contributed by atoms with E-state index in [-0.39, 0.29) is 0 Å². The molecule has 0 unspecified atom stereocenters. The molecule has 0 bridgehead atoms. The summed E-state index contributed by atoms with van der Waals surface area (Å²) >= 11 is 1.70. The second kappa shape index (κ2) is 6.83. The minimum absolute atomic E-state index is 0.448. The number of nitrogens with zero attached hydrogens (tertiary/aromatic N) is 3. The molecule has 0 saturated carbocycles. The quantitative estimate of drug-likeness (QED) is 0.453.